The fourth-order valence-electron chi connectivity index (χ4n) is 3.03. The Morgan fingerprint density at radius 1 is 1.35 bits per heavy atom. The van der Waals surface area contributed by atoms with Crippen LogP contribution in [0, 0.1) is 5.82 Å². The van der Waals surface area contributed by atoms with E-state index in [0.717, 1.165) is 18.9 Å². The summed E-state index contributed by atoms with van der Waals surface area (Å²) in [5, 5.41) is 10.2. The lowest BCUT2D eigenvalue weighted by Gasteiger charge is -2.39. The Bertz CT molecular complexity index is 505. The number of likely N-dealkylation sites (tertiary alicyclic amines) is 1. The molecule has 0 bridgehead atoms. The predicted molar refractivity (Wildman–Crippen MR) is 76.4 cm³/mol. The molecule has 1 aromatic rings. The Morgan fingerprint density at radius 3 is 2.50 bits per heavy atom. The monoisotopic (exact) mass is 279 g/mol. The Balaban J connectivity index is 2.31. The van der Waals surface area contributed by atoms with Crippen molar-refractivity contribution in [3.8, 4) is 5.75 Å². The Morgan fingerprint density at radius 2 is 1.95 bits per heavy atom. The molecule has 3 nitrogen and oxygen atoms in total. The molecule has 0 spiro atoms. The number of aromatic hydroxyl groups is 1. The first-order valence-corrected chi connectivity index (χ1v) is 7.18. The SMILES string of the molecule is CC(=O)c1cc(F)cc(CN2[C@H](C)CCC[C@@H]2C)c1O. The molecule has 110 valence electrons. The zero-order chi connectivity index (χ0) is 14.9. The maximum absolute atomic E-state index is 13.6. The highest BCUT2D eigenvalue weighted by Crippen LogP contribution is 2.30. The van der Waals surface area contributed by atoms with Crippen LogP contribution in [0.3, 0.4) is 0 Å². The molecule has 1 heterocycles. The van der Waals surface area contributed by atoms with Crippen molar-refractivity contribution in [1.29, 1.82) is 0 Å². The molecule has 4 heteroatoms. The highest BCUT2D eigenvalue weighted by Gasteiger charge is 2.26. The van der Waals surface area contributed by atoms with Gasteiger partial charge in [-0.05, 0) is 45.7 Å². The molecule has 1 aliphatic rings. The fourth-order valence-corrected chi connectivity index (χ4v) is 3.03. The number of nitrogens with zero attached hydrogens (tertiary/aromatic N) is 1. The number of phenolic OH excluding ortho intramolecular Hbond substituents is 1. The molecule has 0 aromatic heterocycles. The van der Waals surface area contributed by atoms with Gasteiger partial charge in [0.15, 0.2) is 5.78 Å². The van der Waals surface area contributed by atoms with E-state index in [-0.39, 0.29) is 17.1 Å². The number of hydrogen-bond donors (Lipinski definition) is 1. The second-order valence-corrected chi connectivity index (χ2v) is 5.82. The van der Waals surface area contributed by atoms with Crippen LogP contribution in [-0.2, 0) is 6.54 Å². The van der Waals surface area contributed by atoms with Crippen LogP contribution in [0.25, 0.3) is 0 Å². The topological polar surface area (TPSA) is 40.5 Å². The summed E-state index contributed by atoms with van der Waals surface area (Å²) in [7, 11) is 0. The van der Waals surface area contributed by atoms with Gasteiger partial charge in [0.2, 0.25) is 0 Å². The van der Waals surface area contributed by atoms with E-state index in [9.17, 15) is 14.3 Å². The molecule has 0 aliphatic carbocycles. The van der Waals surface area contributed by atoms with Gasteiger partial charge >= 0.3 is 0 Å². The molecular formula is C16H22FNO2. The number of benzene rings is 1. The Kier molecular flexibility index (Phi) is 4.43. The van der Waals surface area contributed by atoms with E-state index in [4.69, 9.17) is 0 Å². The van der Waals surface area contributed by atoms with E-state index in [2.05, 4.69) is 18.7 Å². The average molecular weight is 279 g/mol. The van der Waals surface area contributed by atoms with Gasteiger partial charge in [-0.2, -0.15) is 0 Å². The number of hydrogen-bond acceptors (Lipinski definition) is 3. The van der Waals surface area contributed by atoms with Gasteiger partial charge in [0, 0.05) is 24.2 Å². The molecule has 20 heavy (non-hydrogen) atoms. The van der Waals surface area contributed by atoms with Gasteiger partial charge in [-0.25, -0.2) is 4.39 Å². The zero-order valence-electron chi connectivity index (χ0n) is 12.3. The highest BCUT2D eigenvalue weighted by atomic mass is 19.1. The van der Waals surface area contributed by atoms with Crippen LogP contribution in [0.1, 0.15) is 56.0 Å². The third kappa shape index (κ3) is 3.01. The van der Waals surface area contributed by atoms with E-state index in [1.165, 1.54) is 19.4 Å². The number of carbonyl (C=O) groups excluding carboxylic acids is 1. The fraction of sp³-hybridized carbons (Fsp3) is 0.562. The lowest BCUT2D eigenvalue weighted by molar-refractivity contribution is 0.0939. The summed E-state index contributed by atoms with van der Waals surface area (Å²) >= 11 is 0. The summed E-state index contributed by atoms with van der Waals surface area (Å²) in [5.74, 6) is -0.868. The summed E-state index contributed by atoms with van der Waals surface area (Å²) in [6, 6.07) is 3.24. The molecular weight excluding hydrogens is 257 g/mol. The number of piperidine rings is 1. The lowest BCUT2D eigenvalue weighted by atomic mass is 9.96. The first-order chi connectivity index (χ1) is 9.40. The van der Waals surface area contributed by atoms with Crippen molar-refractivity contribution in [2.75, 3.05) is 0 Å². The molecule has 2 rings (SSSR count). The molecule has 2 atom stereocenters. The minimum Gasteiger partial charge on any atom is -0.507 e. The summed E-state index contributed by atoms with van der Waals surface area (Å²) in [5.41, 5.74) is 0.563. The van der Waals surface area contributed by atoms with Gasteiger partial charge in [0.1, 0.15) is 11.6 Å². The van der Waals surface area contributed by atoms with Crippen molar-refractivity contribution in [2.45, 2.75) is 58.7 Å². The first-order valence-electron chi connectivity index (χ1n) is 7.18. The molecule has 0 amide bonds. The normalized spacial score (nSPS) is 23.8. The van der Waals surface area contributed by atoms with Gasteiger partial charge in [0.25, 0.3) is 0 Å². The van der Waals surface area contributed by atoms with Crippen LogP contribution in [0.2, 0.25) is 0 Å². The Hall–Kier alpha value is -1.42. The molecule has 0 unspecified atom stereocenters. The number of carbonyl (C=O) groups is 1. The lowest BCUT2D eigenvalue weighted by Crippen LogP contribution is -2.43. The van der Waals surface area contributed by atoms with Crippen LogP contribution in [0.4, 0.5) is 4.39 Å². The smallest absolute Gasteiger partial charge is 0.163 e. The van der Waals surface area contributed by atoms with Crippen LogP contribution in [0.15, 0.2) is 12.1 Å². The summed E-state index contributed by atoms with van der Waals surface area (Å²) < 4.78 is 13.6. The first kappa shape index (κ1) is 15.0. The molecule has 1 fully saturated rings. The average Bonchev–Trinajstić information content (AvgIpc) is 2.37. The van der Waals surface area contributed by atoms with Gasteiger partial charge in [0.05, 0.1) is 5.56 Å². The molecule has 1 N–H and O–H groups in total. The highest BCUT2D eigenvalue weighted by molar-refractivity contribution is 5.97. The number of halogens is 1. The number of Topliss-reactive ketones (excluding diaryl/α,β-unsaturated/α-hetero) is 1. The van der Waals surface area contributed by atoms with Crippen molar-refractivity contribution in [2.24, 2.45) is 0 Å². The minimum atomic E-state index is -0.472. The zero-order valence-corrected chi connectivity index (χ0v) is 12.3. The van der Waals surface area contributed by atoms with Crippen LogP contribution in [0.5, 0.6) is 5.75 Å². The molecule has 1 saturated heterocycles. The van der Waals surface area contributed by atoms with E-state index in [1.54, 1.807) is 0 Å². The third-order valence-electron chi connectivity index (χ3n) is 4.26. The van der Waals surface area contributed by atoms with Crippen molar-refractivity contribution < 1.29 is 14.3 Å². The summed E-state index contributed by atoms with van der Waals surface area (Å²) in [6.07, 6.45) is 3.42. The van der Waals surface area contributed by atoms with Gasteiger partial charge in [-0.15, -0.1) is 0 Å². The van der Waals surface area contributed by atoms with Crippen molar-refractivity contribution in [1.82, 2.24) is 4.90 Å². The van der Waals surface area contributed by atoms with Crippen LogP contribution < -0.4 is 0 Å². The van der Waals surface area contributed by atoms with E-state index in [0.29, 0.717) is 24.2 Å². The van der Waals surface area contributed by atoms with Crippen molar-refractivity contribution in [3.63, 3.8) is 0 Å². The van der Waals surface area contributed by atoms with E-state index >= 15 is 0 Å². The third-order valence-corrected chi connectivity index (χ3v) is 4.26. The minimum absolute atomic E-state index is 0.0670. The van der Waals surface area contributed by atoms with E-state index in [1.807, 2.05) is 0 Å². The van der Waals surface area contributed by atoms with Crippen LogP contribution in [-0.4, -0.2) is 27.9 Å². The maximum Gasteiger partial charge on any atom is 0.163 e. The largest absolute Gasteiger partial charge is 0.507 e. The molecule has 0 radical (unpaired) electrons. The summed E-state index contributed by atoms with van der Waals surface area (Å²) in [6.45, 7) is 6.12. The second kappa shape index (κ2) is 5.92. The standard InChI is InChI=1S/C16H22FNO2/c1-10-5-4-6-11(2)18(10)9-13-7-14(17)8-15(12(3)19)16(13)20/h7-8,10-11,20H,4-6,9H2,1-3H3/t10-,11+. The predicted octanol–water partition coefficient (Wildman–Crippen LogP) is 3.50. The molecule has 1 aromatic carbocycles. The van der Waals surface area contributed by atoms with Crippen molar-refractivity contribution >= 4 is 5.78 Å². The number of phenols is 1. The van der Waals surface area contributed by atoms with E-state index < -0.39 is 5.82 Å². The summed E-state index contributed by atoms with van der Waals surface area (Å²) in [4.78, 5) is 13.7. The quantitative estimate of drug-likeness (QED) is 0.861. The maximum atomic E-state index is 13.6. The van der Waals surface area contributed by atoms with Gasteiger partial charge in [-0.1, -0.05) is 6.42 Å². The Labute approximate surface area is 119 Å². The van der Waals surface area contributed by atoms with Gasteiger partial charge in [-0.3, -0.25) is 9.69 Å². The second-order valence-electron chi connectivity index (χ2n) is 5.82. The van der Waals surface area contributed by atoms with Gasteiger partial charge < -0.3 is 5.11 Å². The number of rotatable bonds is 3. The van der Waals surface area contributed by atoms with Crippen LogP contribution >= 0.6 is 0 Å². The van der Waals surface area contributed by atoms with Crippen molar-refractivity contribution in [3.05, 3.63) is 29.1 Å². The molecule has 0 saturated carbocycles. The number of ketones is 1. The molecule has 1 aliphatic heterocycles.